The van der Waals surface area contributed by atoms with Gasteiger partial charge in [0.05, 0.1) is 65.4 Å². The number of carboxylic acid groups (broad SMARTS) is 3. The number of nitrogens with zero attached hydrogens (tertiary/aromatic N) is 2. The van der Waals surface area contributed by atoms with Crippen LogP contribution in [0.1, 0.15) is 129 Å². The lowest BCUT2D eigenvalue weighted by Crippen LogP contribution is -2.56. The first-order valence-corrected chi connectivity index (χ1v) is 27.9. The van der Waals surface area contributed by atoms with Crippen molar-refractivity contribution in [2.45, 2.75) is 153 Å². The van der Waals surface area contributed by atoms with Crippen LogP contribution in [0.3, 0.4) is 0 Å². The van der Waals surface area contributed by atoms with Crippen molar-refractivity contribution >= 4 is 94.8 Å². The number of hydrogen-bond donors (Lipinski definition) is 17. The second-order valence-electron chi connectivity index (χ2n) is 19.5. The number of carboxylic acids is 3. The van der Waals surface area contributed by atoms with E-state index in [0.29, 0.717) is 6.42 Å². The summed E-state index contributed by atoms with van der Waals surface area (Å²) in [6, 6.07) is -6.93. The van der Waals surface area contributed by atoms with Crippen LogP contribution in [0.5, 0.6) is 0 Å². The van der Waals surface area contributed by atoms with E-state index in [9.17, 15) is 87.2 Å². The number of aliphatic hydroxyl groups excluding tert-OH is 1. The molecule has 0 aliphatic carbocycles. The van der Waals surface area contributed by atoms with Crippen LogP contribution in [0.25, 0.3) is 0 Å². The number of amides is 12. The smallest absolute Gasteiger partial charge is 0.328 e. The normalized spacial score (nSPS) is 11.9. The molecule has 0 aliphatic heterocycles. The van der Waals surface area contributed by atoms with Crippen LogP contribution in [0.2, 0.25) is 0 Å². The van der Waals surface area contributed by atoms with Crippen LogP contribution in [0.15, 0.2) is 4.99 Å². The number of nitrogens with two attached hydrogens (primary N) is 2. The number of guanidine groups is 1. The minimum absolute atomic E-state index is 0.0109. The molecule has 0 spiro atoms. The Morgan fingerprint density at radius 3 is 1.31 bits per heavy atom. The Hall–Kier alpha value is -8.72. The van der Waals surface area contributed by atoms with Crippen LogP contribution in [0.4, 0.5) is 0 Å². The lowest BCUT2D eigenvalue weighted by Gasteiger charge is -2.23. The van der Waals surface area contributed by atoms with Gasteiger partial charge in [0.25, 0.3) is 0 Å². The van der Waals surface area contributed by atoms with Crippen molar-refractivity contribution in [2.24, 2.45) is 16.5 Å². The Morgan fingerprint density at radius 2 is 0.835 bits per heavy atom. The molecule has 0 saturated carbocycles. The minimum atomic E-state index is -1.88. The highest BCUT2D eigenvalue weighted by Gasteiger charge is 2.30. The molecule has 85 heavy (non-hydrogen) atoms. The largest absolute Gasteiger partial charge is 0.481 e. The first-order valence-electron chi connectivity index (χ1n) is 27.9. The fourth-order valence-electron chi connectivity index (χ4n) is 7.41. The summed E-state index contributed by atoms with van der Waals surface area (Å²) >= 11 is 0. The quantitative estimate of drug-likeness (QED) is 0.0153. The van der Waals surface area contributed by atoms with Gasteiger partial charge in [-0.1, -0.05) is 84.0 Å². The van der Waals surface area contributed by atoms with Gasteiger partial charge in [-0.05, 0) is 25.7 Å². The molecule has 0 rings (SSSR count). The van der Waals surface area contributed by atoms with E-state index in [1.165, 1.54) is 64.8 Å². The summed E-state index contributed by atoms with van der Waals surface area (Å²) in [5.41, 5.74) is 10.7. The number of carbonyl (C=O) groups is 15. The molecule has 34 nitrogen and oxygen atoms in total. The zero-order valence-electron chi connectivity index (χ0n) is 48.3. The van der Waals surface area contributed by atoms with Crippen molar-refractivity contribution in [1.82, 2.24) is 63.4 Å². The summed E-state index contributed by atoms with van der Waals surface area (Å²) in [7, 11) is 1.24. The summed E-state index contributed by atoms with van der Waals surface area (Å²) in [6.07, 6.45) is 13.0. The molecular weight excluding hydrogens is 1130 g/mol. The molecule has 0 saturated heterocycles. The van der Waals surface area contributed by atoms with E-state index in [1.54, 1.807) is 0 Å². The van der Waals surface area contributed by atoms with Crippen molar-refractivity contribution < 1.29 is 92.3 Å². The molecule has 0 bridgehead atoms. The number of unbranched alkanes of at least 4 members (excludes halogenated alkanes) is 12. The van der Waals surface area contributed by atoms with Crippen LogP contribution in [0, 0.1) is 0 Å². The summed E-state index contributed by atoms with van der Waals surface area (Å²) in [5.74, 6) is -15.6. The molecular formula is C51H87N15O19. The molecule has 0 aromatic carbocycles. The average Bonchev–Trinajstić information content (AvgIpc) is 3.53. The molecule has 0 aromatic heterocycles. The van der Waals surface area contributed by atoms with E-state index in [4.69, 9.17) is 16.6 Å². The maximum atomic E-state index is 13.5. The monoisotopic (exact) mass is 1210 g/mol. The summed E-state index contributed by atoms with van der Waals surface area (Å²) in [5, 5.41) is 61.0. The molecule has 19 N–H and O–H groups in total. The van der Waals surface area contributed by atoms with Gasteiger partial charge < -0.3 is 95.3 Å². The zero-order valence-corrected chi connectivity index (χ0v) is 48.3. The first kappa shape index (κ1) is 76.3. The Labute approximate surface area is 491 Å². The van der Waals surface area contributed by atoms with Crippen LogP contribution < -0.4 is 70.0 Å². The Bertz CT molecular complexity index is 2270. The van der Waals surface area contributed by atoms with Crippen molar-refractivity contribution in [2.75, 3.05) is 72.6 Å². The molecule has 0 heterocycles. The highest BCUT2D eigenvalue weighted by Crippen LogP contribution is 2.13. The highest BCUT2D eigenvalue weighted by molar-refractivity contribution is 5.97. The minimum Gasteiger partial charge on any atom is -0.481 e. The van der Waals surface area contributed by atoms with E-state index in [-0.39, 0.29) is 44.2 Å². The number of nitrogens with one attached hydrogen (secondary N) is 11. The van der Waals surface area contributed by atoms with Crippen molar-refractivity contribution in [1.29, 1.82) is 0 Å². The SMILES string of the molecule is CCCCCCCCCCCCCCCC(=O)NCC(=O)NCC(=O)NCC(=O)N(C)CC(=O)NCC(=O)NCC(=O)NCC(=O)N[C@@H](CCC(=O)O)C(=O)N[C@@H](CCCN=C(N)N)C(=O)NCC(=O)N[C@@H](CC(=O)O)C(=O)N[C@@H](CO)C(=O)O. The van der Waals surface area contributed by atoms with Gasteiger partial charge in [-0.15, -0.1) is 0 Å². The van der Waals surface area contributed by atoms with Gasteiger partial charge in [0.1, 0.15) is 24.2 Å². The predicted molar refractivity (Wildman–Crippen MR) is 300 cm³/mol. The number of aliphatic carboxylic acids is 3. The fraction of sp³-hybridized carbons (Fsp3) is 0.686. The summed E-state index contributed by atoms with van der Waals surface area (Å²) < 4.78 is 0. The van der Waals surface area contributed by atoms with Gasteiger partial charge in [0.2, 0.25) is 70.9 Å². The Morgan fingerprint density at radius 1 is 0.424 bits per heavy atom. The average molecular weight is 1210 g/mol. The van der Waals surface area contributed by atoms with Crippen LogP contribution >= 0.6 is 0 Å². The molecule has 0 fully saturated rings. The van der Waals surface area contributed by atoms with Crippen molar-refractivity contribution in [3.05, 3.63) is 0 Å². The van der Waals surface area contributed by atoms with Crippen LogP contribution in [-0.2, 0) is 71.9 Å². The van der Waals surface area contributed by atoms with E-state index in [2.05, 4.69) is 59.8 Å². The van der Waals surface area contributed by atoms with Gasteiger partial charge in [-0.25, -0.2) is 4.79 Å². The van der Waals surface area contributed by atoms with Crippen molar-refractivity contribution in [3.8, 4) is 0 Å². The molecule has 0 aromatic rings. The molecule has 12 amide bonds. The third kappa shape index (κ3) is 41.0. The predicted octanol–water partition coefficient (Wildman–Crippen LogP) is -5.85. The molecule has 0 unspecified atom stereocenters. The maximum Gasteiger partial charge on any atom is 0.328 e. The molecule has 0 aliphatic rings. The topological polar surface area (TPSA) is 537 Å². The number of likely N-dealkylation sites (N-methyl/N-ethyl adjacent to an activating group) is 1. The van der Waals surface area contributed by atoms with Gasteiger partial charge in [0.15, 0.2) is 5.96 Å². The highest BCUT2D eigenvalue weighted by atomic mass is 16.4. The molecule has 4 atom stereocenters. The lowest BCUT2D eigenvalue weighted by molar-refractivity contribution is -0.144. The fourth-order valence-corrected chi connectivity index (χ4v) is 7.41. The van der Waals surface area contributed by atoms with E-state index in [1.807, 2.05) is 10.6 Å². The number of rotatable bonds is 48. The van der Waals surface area contributed by atoms with E-state index in [0.717, 1.165) is 24.2 Å². The third-order valence-electron chi connectivity index (χ3n) is 12.1. The lowest BCUT2D eigenvalue weighted by atomic mass is 10.0. The second-order valence-corrected chi connectivity index (χ2v) is 19.5. The Kier molecular flexibility index (Phi) is 41.1. The van der Waals surface area contributed by atoms with Gasteiger partial charge in [-0.3, -0.25) is 72.1 Å². The maximum absolute atomic E-state index is 13.5. The molecule has 0 radical (unpaired) electrons. The van der Waals surface area contributed by atoms with E-state index < -0.39 is 179 Å². The Balaban J connectivity index is 4.94. The van der Waals surface area contributed by atoms with Crippen molar-refractivity contribution in [3.63, 3.8) is 0 Å². The zero-order chi connectivity index (χ0) is 64.1. The number of carbonyl (C=O) groups excluding carboxylic acids is 12. The number of hydrogen-bond acceptors (Lipinski definition) is 17. The second kappa shape index (κ2) is 45.8. The first-order chi connectivity index (χ1) is 40.3. The summed E-state index contributed by atoms with van der Waals surface area (Å²) in [6.45, 7) is -4.04. The van der Waals surface area contributed by atoms with Gasteiger partial charge in [0, 0.05) is 26.4 Å². The van der Waals surface area contributed by atoms with E-state index >= 15 is 0 Å². The molecule has 480 valence electrons. The van der Waals surface area contributed by atoms with Crippen LogP contribution in [-0.4, -0.2) is 217 Å². The standard InChI is InChI=1S/C51H87N15O19/c1-3-4-5-6-7-8-9-10-11-12-13-14-15-18-36(68)55-23-37(69)57-25-40(72)60-29-44(76)66(2)30-43(75)59-26-39(71)56-24-38(70)58-27-41(73)62-33(19-20-45(77)78)48(82)64-32(17-16-21-54-51(52)53)47(81)61-28-42(74)63-34(22-46(79)80)49(83)65-35(31-67)50(84)85/h32-35,67H,3-31H2,1-2H3,(H,55,68)(H,56,71)(H,57,69)(H,58,70)(H,59,75)(H,60,72)(H,61,81)(H,62,73)(H,63,74)(H,64,82)(H,65,83)(H,77,78)(H,79,80)(H,84,85)(H4,52,53,54)/t32-,33-,34-,35-/m0/s1. The third-order valence-corrected chi connectivity index (χ3v) is 12.1. The van der Waals surface area contributed by atoms with Gasteiger partial charge in [-0.2, -0.15) is 0 Å². The molecule has 34 heteroatoms. The number of aliphatic hydroxyl groups is 1. The summed E-state index contributed by atoms with van der Waals surface area (Å²) in [4.78, 5) is 190. The van der Waals surface area contributed by atoms with Gasteiger partial charge >= 0.3 is 17.9 Å². The number of aliphatic imine (C=N–C) groups is 1.